The van der Waals surface area contributed by atoms with Crippen LogP contribution in [-0.2, 0) is 6.42 Å². The maximum Gasteiger partial charge on any atom is 0.123 e. The molecule has 2 aromatic rings. The van der Waals surface area contributed by atoms with E-state index in [2.05, 4.69) is 51.1 Å². The molecule has 0 fully saturated rings. The summed E-state index contributed by atoms with van der Waals surface area (Å²) in [7, 11) is 0. The Morgan fingerprint density at radius 3 is 2.45 bits per heavy atom. The van der Waals surface area contributed by atoms with Crippen molar-refractivity contribution >= 4 is 0 Å². The lowest BCUT2D eigenvalue weighted by atomic mass is 9.87. The van der Waals surface area contributed by atoms with Gasteiger partial charge in [0.15, 0.2) is 0 Å². The van der Waals surface area contributed by atoms with E-state index in [0.29, 0.717) is 11.7 Å². The van der Waals surface area contributed by atoms with E-state index in [1.54, 1.807) is 6.07 Å². The monoisotopic (exact) mass is 268 g/mol. The van der Waals surface area contributed by atoms with E-state index in [1.165, 1.54) is 16.7 Å². The third kappa shape index (κ3) is 2.87. The smallest absolute Gasteiger partial charge is 0.123 e. The van der Waals surface area contributed by atoms with Gasteiger partial charge in [0.05, 0.1) is 0 Å². The summed E-state index contributed by atoms with van der Waals surface area (Å²) in [5.74, 6) is 0.845. The molecule has 106 valence electrons. The molecule has 2 aromatic carbocycles. The number of hydrogen-bond donors (Lipinski definition) is 1. The van der Waals surface area contributed by atoms with Gasteiger partial charge in [-0.15, -0.1) is 0 Å². The first-order valence-electron chi connectivity index (χ1n) is 7.59. The van der Waals surface area contributed by atoms with Crippen LogP contribution < -0.4 is 0 Å². The molecule has 1 N–H and O–H groups in total. The Labute approximate surface area is 122 Å². The summed E-state index contributed by atoms with van der Waals surface area (Å²) in [5.41, 5.74) is 4.77. The maximum atomic E-state index is 10.4. The van der Waals surface area contributed by atoms with Crippen LogP contribution in [0.4, 0.5) is 0 Å². The van der Waals surface area contributed by atoms with Gasteiger partial charge in [-0.3, -0.25) is 0 Å². The third-order valence-corrected chi connectivity index (χ3v) is 4.02. The van der Waals surface area contributed by atoms with Gasteiger partial charge in [-0.05, 0) is 41.5 Å². The third-order valence-electron chi connectivity index (χ3n) is 4.02. The molecule has 0 aromatic heterocycles. The van der Waals surface area contributed by atoms with E-state index in [9.17, 15) is 5.11 Å². The Morgan fingerprint density at radius 2 is 1.75 bits per heavy atom. The average Bonchev–Trinajstić information content (AvgIpc) is 2.47. The lowest BCUT2D eigenvalue weighted by Gasteiger charge is -2.18. The second kappa shape index (κ2) is 6.60. The lowest BCUT2D eigenvalue weighted by Crippen LogP contribution is -1.98. The van der Waals surface area contributed by atoms with Gasteiger partial charge in [-0.1, -0.05) is 63.6 Å². The summed E-state index contributed by atoms with van der Waals surface area (Å²) in [4.78, 5) is 0. The summed E-state index contributed by atoms with van der Waals surface area (Å²) in [5, 5.41) is 10.4. The highest BCUT2D eigenvalue weighted by molar-refractivity contribution is 5.76. The Kier molecular flexibility index (Phi) is 4.84. The van der Waals surface area contributed by atoms with Crippen LogP contribution in [0.3, 0.4) is 0 Å². The number of aromatic hydroxyl groups is 1. The van der Waals surface area contributed by atoms with E-state index in [4.69, 9.17) is 0 Å². The normalized spacial score (nSPS) is 12.3. The molecular formula is C19H24O. The van der Waals surface area contributed by atoms with E-state index in [1.807, 2.05) is 6.07 Å². The summed E-state index contributed by atoms with van der Waals surface area (Å²) >= 11 is 0. The van der Waals surface area contributed by atoms with Crippen molar-refractivity contribution in [2.24, 2.45) is 0 Å². The van der Waals surface area contributed by atoms with Crippen LogP contribution in [0.25, 0.3) is 11.1 Å². The van der Waals surface area contributed by atoms with Crippen molar-refractivity contribution in [3.05, 3.63) is 53.6 Å². The molecule has 1 atom stereocenters. The number of benzene rings is 2. The molecule has 1 nitrogen and oxygen atoms in total. The fraction of sp³-hybridized carbons (Fsp3) is 0.368. The van der Waals surface area contributed by atoms with Crippen molar-refractivity contribution in [3.8, 4) is 16.9 Å². The first-order valence-corrected chi connectivity index (χ1v) is 7.59. The van der Waals surface area contributed by atoms with E-state index < -0.39 is 0 Å². The molecule has 0 aliphatic carbocycles. The van der Waals surface area contributed by atoms with Crippen molar-refractivity contribution in [3.63, 3.8) is 0 Å². The molecule has 0 aliphatic rings. The van der Waals surface area contributed by atoms with Crippen LogP contribution in [0.15, 0.2) is 42.5 Å². The van der Waals surface area contributed by atoms with Gasteiger partial charge >= 0.3 is 0 Å². The minimum atomic E-state index is 0.395. The Balaban J connectivity index is 2.63. The largest absolute Gasteiger partial charge is 0.507 e. The van der Waals surface area contributed by atoms with Crippen LogP contribution >= 0.6 is 0 Å². The number of phenolic OH excluding ortho intramolecular Hbond substituents is 1. The minimum Gasteiger partial charge on any atom is -0.507 e. The zero-order valence-corrected chi connectivity index (χ0v) is 12.7. The van der Waals surface area contributed by atoms with Crippen LogP contribution in [-0.4, -0.2) is 5.11 Å². The van der Waals surface area contributed by atoms with Crippen molar-refractivity contribution < 1.29 is 5.11 Å². The Hall–Kier alpha value is -1.76. The van der Waals surface area contributed by atoms with Crippen molar-refractivity contribution in [2.45, 2.75) is 46.0 Å². The van der Waals surface area contributed by atoms with Gasteiger partial charge < -0.3 is 5.11 Å². The van der Waals surface area contributed by atoms with Gasteiger partial charge in [0.25, 0.3) is 0 Å². The quantitative estimate of drug-likeness (QED) is 0.756. The molecule has 0 heterocycles. The molecule has 0 saturated heterocycles. The molecule has 20 heavy (non-hydrogen) atoms. The number of rotatable bonds is 5. The SMILES string of the molecule is CCCc1ccccc1-c1c(O)cccc1C(C)CC. The predicted octanol–water partition coefficient (Wildman–Crippen LogP) is 5.53. The van der Waals surface area contributed by atoms with Gasteiger partial charge in [0.1, 0.15) is 5.75 Å². The Bertz CT molecular complexity index is 572. The molecule has 1 heteroatoms. The van der Waals surface area contributed by atoms with Gasteiger partial charge in [0, 0.05) is 5.56 Å². The molecule has 2 rings (SSSR count). The molecule has 0 saturated carbocycles. The predicted molar refractivity (Wildman–Crippen MR) is 86.2 cm³/mol. The summed E-state index contributed by atoms with van der Waals surface area (Å²) < 4.78 is 0. The average molecular weight is 268 g/mol. The fourth-order valence-corrected chi connectivity index (χ4v) is 2.73. The molecule has 1 unspecified atom stereocenters. The molecule has 0 bridgehead atoms. The van der Waals surface area contributed by atoms with Crippen molar-refractivity contribution in [1.29, 1.82) is 0 Å². The van der Waals surface area contributed by atoms with Gasteiger partial charge in [0.2, 0.25) is 0 Å². The van der Waals surface area contributed by atoms with Crippen molar-refractivity contribution in [2.75, 3.05) is 0 Å². The zero-order valence-electron chi connectivity index (χ0n) is 12.7. The lowest BCUT2D eigenvalue weighted by molar-refractivity contribution is 0.476. The minimum absolute atomic E-state index is 0.395. The molecule has 0 aliphatic heterocycles. The first kappa shape index (κ1) is 14.6. The second-order valence-electron chi connectivity index (χ2n) is 5.46. The molecule has 0 spiro atoms. The van der Waals surface area contributed by atoms with Crippen LogP contribution in [0.5, 0.6) is 5.75 Å². The molecular weight excluding hydrogens is 244 g/mol. The van der Waals surface area contributed by atoms with Crippen LogP contribution in [0, 0.1) is 0 Å². The fourth-order valence-electron chi connectivity index (χ4n) is 2.73. The highest BCUT2D eigenvalue weighted by Gasteiger charge is 2.16. The molecule has 0 amide bonds. The van der Waals surface area contributed by atoms with Gasteiger partial charge in [-0.2, -0.15) is 0 Å². The van der Waals surface area contributed by atoms with E-state index in [0.717, 1.165) is 24.8 Å². The molecule has 0 radical (unpaired) electrons. The second-order valence-corrected chi connectivity index (χ2v) is 5.46. The number of aryl methyl sites for hydroxylation is 1. The van der Waals surface area contributed by atoms with Crippen molar-refractivity contribution in [1.82, 2.24) is 0 Å². The van der Waals surface area contributed by atoms with E-state index >= 15 is 0 Å². The van der Waals surface area contributed by atoms with Crippen LogP contribution in [0.2, 0.25) is 0 Å². The zero-order chi connectivity index (χ0) is 14.5. The topological polar surface area (TPSA) is 20.2 Å². The number of hydrogen-bond acceptors (Lipinski definition) is 1. The standard InChI is InChI=1S/C19H24O/c1-4-9-15-10-6-7-11-17(15)19-16(14(3)5-2)12-8-13-18(19)20/h6-8,10-14,20H,4-5,9H2,1-3H3. The summed E-state index contributed by atoms with van der Waals surface area (Å²) in [6.45, 7) is 6.61. The summed E-state index contributed by atoms with van der Waals surface area (Å²) in [6, 6.07) is 14.3. The maximum absolute atomic E-state index is 10.4. The summed E-state index contributed by atoms with van der Waals surface area (Å²) in [6.07, 6.45) is 3.24. The Morgan fingerprint density at radius 1 is 1.00 bits per heavy atom. The highest BCUT2D eigenvalue weighted by Crippen LogP contribution is 2.39. The van der Waals surface area contributed by atoms with E-state index in [-0.39, 0.29) is 0 Å². The highest BCUT2D eigenvalue weighted by atomic mass is 16.3. The van der Waals surface area contributed by atoms with Gasteiger partial charge in [-0.25, -0.2) is 0 Å². The number of phenols is 1. The van der Waals surface area contributed by atoms with Crippen LogP contribution in [0.1, 0.15) is 50.7 Å². The first-order chi connectivity index (χ1) is 9.69.